The Hall–Kier alpha value is -4.12. The van der Waals surface area contributed by atoms with E-state index in [9.17, 15) is 9.59 Å². The fourth-order valence-electron chi connectivity index (χ4n) is 2.76. The van der Waals surface area contributed by atoms with Crippen LogP contribution in [0.1, 0.15) is 21.5 Å². The first-order valence-electron chi connectivity index (χ1n) is 9.54. The molecule has 3 aromatic carbocycles. The predicted molar refractivity (Wildman–Crippen MR) is 120 cm³/mol. The maximum atomic E-state index is 12.8. The topological polar surface area (TPSA) is 84.2 Å². The van der Waals surface area contributed by atoms with Crippen molar-refractivity contribution in [1.29, 1.82) is 0 Å². The van der Waals surface area contributed by atoms with Gasteiger partial charge in [-0.25, -0.2) is 0 Å². The second kappa shape index (κ2) is 10.4. The molecule has 150 valence electrons. The molecule has 0 aliphatic rings. The lowest BCUT2D eigenvalue weighted by Gasteiger charge is -2.11. The summed E-state index contributed by atoms with van der Waals surface area (Å²) >= 11 is 0. The van der Waals surface area contributed by atoms with Crippen LogP contribution in [0.15, 0.2) is 103 Å². The quantitative estimate of drug-likeness (QED) is 0.321. The monoisotopic (exact) mass is 397 g/mol. The molecule has 0 saturated carbocycles. The van der Waals surface area contributed by atoms with Crippen LogP contribution in [0.25, 0.3) is 6.08 Å². The molecule has 4 N–H and O–H groups in total. The van der Waals surface area contributed by atoms with Gasteiger partial charge in [0.05, 0.1) is 0 Å². The van der Waals surface area contributed by atoms with Crippen LogP contribution in [-0.4, -0.2) is 11.8 Å². The third-order valence-corrected chi connectivity index (χ3v) is 4.28. The molecule has 5 heteroatoms. The van der Waals surface area contributed by atoms with Gasteiger partial charge in [0.25, 0.3) is 11.8 Å². The Morgan fingerprint density at radius 3 is 2.27 bits per heavy atom. The van der Waals surface area contributed by atoms with Gasteiger partial charge >= 0.3 is 0 Å². The van der Waals surface area contributed by atoms with Crippen molar-refractivity contribution in [3.05, 3.63) is 119 Å². The normalized spacial score (nSPS) is 11.3. The van der Waals surface area contributed by atoms with Crippen molar-refractivity contribution in [2.75, 3.05) is 5.73 Å². The third kappa shape index (κ3) is 6.21. The van der Waals surface area contributed by atoms with E-state index in [1.165, 1.54) is 0 Å². The summed E-state index contributed by atoms with van der Waals surface area (Å²) in [5, 5.41) is 5.52. The summed E-state index contributed by atoms with van der Waals surface area (Å²) in [6.07, 6.45) is 5.18. The first kappa shape index (κ1) is 20.6. The van der Waals surface area contributed by atoms with Crippen LogP contribution in [0.3, 0.4) is 0 Å². The van der Waals surface area contributed by atoms with Gasteiger partial charge in [-0.2, -0.15) is 0 Å². The molecule has 0 aliphatic carbocycles. The van der Waals surface area contributed by atoms with Gasteiger partial charge in [-0.3, -0.25) is 9.59 Å². The van der Waals surface area contributed by atoms with Crippen molar-refractivity contribution >= 4 is 23.6 Å². The molecular weight excluding hydrogens is 374 g/mol. The van der Waals surface area contributed by atoms with Crippen molar-refractivity contribution in [2.45, 2.75) is 6.54 Å². The Balaban J connectivity index is 1.75. The van der Waals surface area contributed by atoms with Gasteiger partial charge in [-0.1, -0.05) is 72.8 Å². The standard InChI is InChI=1S/C25H23N3O2/c26-22-15-7-12-20(17-22)18-27-25(30)23(16-8-11-19-9-3-1-4-10-19)28-24(29)21-13-5-2-6-14-21/h1-17H,18,26H2,(H,27,30)(H,28,29)/b11-8+,23-16-. The number of rotatable bonds is 7. The maximum absolute atomic E-state index is 12.8. The number of hydrogen-bond donors (Lipinski definition) is 3. The number of carbonyl (C=O) groups excluding carboxylic acids is 2. The van der Waals surface area contributed by atoms with Crippen LogP contribution >= 0.6 is 0 Å². The van der Waals surface area contributed by atoms with Crippen molar-refractivity contribution in [2.24, 2.45) is 0 Å². The van der Waals surface area contributed by atoms with Gasteiger partial charge in [0, 0.05) is 17.8 Å². The highest BCUT2D eigenvalue weighted by Crippen LogP contribution is 2.07. The van der Waals surface area contributed by atoms with Gasteiger partial charge in [-0.15, -0.1) is 0 Å². The molecule has 0 atom stereocenters. The molecule has 2 amide bonds. The summed E-state index contributed by atoms with van der Waals surface area (Å²) < 4.78 is 0. The summed E-state index contributed by atoms with van der Waals surface area (Å²) in [6.45, 7) is 0.296. The Labute approximate surface area is 175 Å². The van der Waals surface area contributed by atoms with Crippen molar-refractivity contribution < 1.29 is 9.59 Å². The van der Waals surface area contributed by atoms with Gasteiger partial charge in [-0.05, 0) is 41.5 Å². The van der Waals surface area contributed by atoms with Crippen LogP contribution in [0, 0.1) is 0 Å². The van der Waals surface area contributed by atoms with Crippen LogP contribution in [-0.2, 0) is 11.3 Å². The molecule has 3 rings (SSSR count). The number of hydrogen-bond acceptors (Lipinski definition) is 3. The molecule has 0 aliphatic heterocycles. The highest BCUT2D eigenvalue weighted by atomic mass is 16.2. The lowest BCUT2D eigenvalue weighted by molar-refractivity contribution is -0.118. The number of nitrogen functional groups attached to an aromatic ring is 1. The fraction of sp³-hybridized carbons (Fsp3) is 0.0400. The van der Waals surface area contributed by atoms with E-state index in [1.54, 1.807) is 48.6 Å². The highest BCUT2D eigenvalue weighted by Gasteiger charge is 2.13. The van der Waals surface area contributed by atoms with Gasteiger partial charge in [0.15, 0.2) is 0 Å². The first-order valence-corrected chi connectivity index (χ1v) is 9.54. The molecule has 0 unspecified atom stereocenters. The van der Waals surface area contributed by atoms with E-state index in [1.807, 2.05) is 54.6 Å². The predicted octanol–water partition coefficient (Wildman–Crippen LogP) is 3.91. The van der Waals surface area contributed by atoms with E-state index in [0.717, 1.165) is 11.1 Å². The minimum Gasteiger partial charge on any atom is -0.399 e. The van der Waals surface area contributed by atoms with E-state index in [2.05, 4.69) is 10.6 Å². The molecule has 5 nitrogen and oxygen atoms in total. The highest BCUT2D eigenvalue weighted by molar-refractivity contribution is 6.03. The van der Waals surface area contributed by atoms with Crippen LogP contribution in [0.2, 0.25) is 0 Å². The molecule has 0 radical (unpaired) electrons. The van der Waals surface area contributed by atoms with Gasteiger partial charge in [0.2, 0.25) is 0 Å². The number of benzene rings is 3. The molecular formula is C25H23N3O2. The maximum Gasteiger partial charge on any atom is 0.268 e. The fourth-order valence-corrected chi connectivity index (χ4v) is 2.76. The molecule has 0 saturated heterocycles. The van der Waals surface area contributed by atoms with Crippen molar-refractivity contribution in [3.63, 3.8) is 0 Å². The number of anilines is 1. The van der Waals surface area contributed by atoms with E-state index in [-0.39, 0.29) is 17.5 Å². The summed E-state index contributed by atoms with van der Waals surface area (Å²) in [7, 11) is 0. The Kier molecular flexibility index (Phi) is 7.17. The minimum absolute atomic E-state index is 0.153. The van der Waals surface area contributed by atoms with Gasteiger partial charge in [0.1, 0.15) is 5.70 Å². The smallest absolute Gasteiger partial charge is 0.268 e. The Morgan fingerprint density at radius 2 is 1.57 bits per heavy atom. The third-order valence-electron chi connectivity index (χ3n) is 4.28. The zero-order chi connectivity index (χ0) is 21.2. The average molecular weight is 397 g/mol. The molecule has 3 aromatic rings. The summed E-state index contributed by atoms with van der Waals surface area (Å²) in [5.41, 5.74) is 8.90. The largest absolute Gasteiger partial charge is 0.399 e. The van der Waals surface area contributed by atoms with Crippen LogP contribution < -0.4 is 16.4 Å². The van der Waals surface area contributed by atoms with Crippen molar-refractivity contribution in [3.8, 4) is 0 Å². The summed E-state index contributed by atoms with van der Waals surface area (Å²) in [5.74, 6) is -0.742. The van der Waals surface area contributed by atoms with E-state index >= 15 is 0 Å². The number of nitrogens with two attached hydrogens (primary N) is 1. The Morgan fingerprint density at radius 1 is 0.867 bits per heavy atom. The Bertz CT molecular complexity index is 1060. The summed E-state index contributed by atoms with van der Waals surface area (Å²) in [4.78, 5) is 25.3. The second-order valence-electron chi connectivity index (χ2n) is 6.60. The zero-order valence-electron chi connectivity index (χ0n) is 16.4. The molecule has 0 heterocycles. The lowest BCUT2D eigenvalue weighted by Crippen LogP contribution is -2.34. The van der Waals surface area contributed by atoms with E-state index in [4.69, 9.17) is 5.73 Å². The van der Waals surface area contributed by atoms with Crippen LogP contribution in [0.4, 0.5) is 5.69 Å². The molecule has 0 bridgehead atoms. The van der Waals surface area contributed by atoms with Gasteiger partial charge < -0.3 is 16.4 Å². The molecule has 30 heavy (non-hydrogen) atoms. The SMILES string of the molecule is Nc1cccc(CNC(=O)/C(=C/C=C/c2ccccc2)NC(=O)c2ccccc2)c1. The van der Waals surface area contributed by atoms with E-state index < -0.39 is 0 Å². The second-order valence-corrected chi connectivity index (χ2v) is 6.60. The molecule has 0 spiro atoms. The number of allylic oxidation sites excluding steroid dienone is 2. The molecule has 0 fully saturated rings. The summed E-state index contributed by atoms with van der Waals surface area (Å²) in [6, 6.07) is 25.7. The average Bonchev–Trinajstić information content (AvgIpc) is 2.78. The minimum atomic E-state index is -0.389. The molecule has 0 aromatic heterocycles. The van der Waals surface area contributed by atoms with Crippen molar-refractivity contribution in [1.82, 2.24) is 10.6 Å². The number of amides is 2. The number of nitrogens with one attached hydrogen (secondary N) is 2. The lowest BCUT2D eigenvalue weighted by atomic mass is 10.2. The van der Waals surface area contributed by atoms with Crippen LogP contribution in [0.5, 0.6) is 0 Å². The first-order chi connectivity index (χ1) is 14.6. The number of carbonyl (C=O) groups is 2. The van der Waals surface area contributed by atoms with E-state index in [0.29, 0.717) is 17.8 Å². The zero-order valence-corrected chi connectivity index (χ0v) is 16.4.